The summed E-state index contributed by atoms with van der Waals surface area (Å²) >= 11 is 5.07. The molecule has 0 spiro atoms. The fourth-order valence-corrected chi connectivity index (χ4v) is 2.87. The Labute approximate surface area is 99.3 Å². The number of halogens is 1. The van der Waals surface area contributed by atoms with Crippen molar-refractivity contribution in [3.63, 3.8) is 0 Å². The van der Waals surface area contributed by atoms with E-state index in [-0.39, 0.29) is 0 Å². The van der Waals surface area contributed by atoms with Crippen LogP contribution in [0.15, 0.2) is 40.2 Å². The molecule has 0 radical (unpaired) electrons. The van der Waals surface area contributed by atoms with Crippen LogP contribution in [0.25, 0.3) is 10.4 Å². The summed E-state index contributed by atoms with van der Waals surface area (Å²) in [6.07, 6.45) is 0. The summed E-state index contributed by atoms with van der Waals surface area (Å²) < 4.78 is 1.04. The SMILES string of the molecule is O=C(O)c1ccc(-c2sccc2Br)cc1. The van der Waals surface area contributed by atoms with Gasteiger partial charge in [0.05, 0.1) is 5.56 Å². The second kappa shape index (κ2) is 4.16. The van der Waals surface area contributed by atoms with Crippen molar-refractivity contribution in [1.29, 1.82) is 0 Å². The largest absolute Gasteiger partial charge is 0.478 e. The average molecular weight is 283 g/mol. The number of rotatable bonds is 2. The van der Waals surface area contributed by atoms with Crippen LogP contribution in [0, 0.1) is 0 Å². The summed E-state index contributed by atoms with van der Waals surface area (Å²) in [4.78, 5) is 11.8. The molecule has 2 aromatic rings. The van der Waals surface area contributed by atoms with Crippen molar-refractivity contribution in [2.45, 2.75) is 0 Å². The molecule has 1 heterocycles. The number of thiophene rings is 1. The van der Waals surface area contributed by atoms with Gasteiger partial charge in [0.2, 0.25) is 0 Å². The molecule has 1 aromatic carbocycles. The van der Waals surface area contributed by atoms with E-state index in [4.69, 9.17) is 5.11 Å². The third kappa shape index (κ3) is 2.11. The quantitative estimate of drug-likeness (QED) is 0.908. The number of carboxylic acid groups (broad SMARTS) is 1. The van der Waals surface area contributed by atoms with E-state index in [1.807, 2.05) is 23.6 Å². The molecular weight excluding hydrogens is 276 g/mol. The summed E-state index contributed by atoms with van der Waals surface area (Å²) in [6, 6.07) is 8.85. The van der Waals surface area contributed by atoms with Crippen LogP contribution >= 0.6 is 27.3 Å². The van der Waals surface area contributed by atoms with Crippen molar-refractivity contribution in [3.8, 4) is 10.4 Å². The predicted octanol–water partition coefficient (Wildman–Crippen LogP) is 3.88. The van der Waals surface area contributed by atoms with Crippen LogP contribution in [0.3, 0.4) is 0 Å². The van der Waals surface area contributed by atoms with Gasteiger partial charge < -0.3 is 5.11 Å². The first-order valence-corrected chi connectivity index (χ1v) is 5.92. The number of carbonyl (C=O) groups is 1. The number of benzene rings is 1. The first kappa shape index (κ1) is 10.4. The van der Waals surface area contributed by atoms with Gasteiger partial charge in [0.15, 0.2) is 0 Å². The van der Waals surface area contributed by atoms with Gasteiger partial charge in [-0.05, 0) is 45.1 Å². The van der Waals surface area contributed by atoms with E-state index < -0.39 is 5.97 Å². The fraction of sp³-hybridized carbons (Fsp3) is 0. The molecule has 76 valence electrons. The molecule has 2 rings (SSSR count). The molecular formula is C11H7BrO2S. The zero-order valence-corrected chi connectivity index (χ0v) is 10.0. The first-order valence-electron chi connectivity index (χ1n) is 4.25. The molecule has 2 nitrogen and oxygen atoms in total. The lowest BCUT2D eigenvalue weighted by Crippen LogP contribution is -1.94. The standard InChI is InChI=1S/C11H7BrO2S/c12-9-5-6-15-10(9)7-1-3-8(4-2-7)11(13)14/h1-6H,(H,13,14). The van der Waals surface area contributed by atoms with E-state index >= 15 is 0 Å². The maximum absolute atomic E-state index is 10.7. The Morgan fingerprint density at radius 1 is 1.20 bits per heavy atom. The van der Waals surface area contributed by atoms with Crippen molar-refractivity contribution in [1.82, 2.24) is 0 Å². The van der Waals surface area contributed by atoms with Crippen molar-refractivity contribution in [2.75, 3.05) is 0 Å². The molecule has 0 saturated heterocycles. The predicted molar refractivity (Wildman–Crippen MR) is 64.4 cm³/mol. The van der Waals surface area contributed by atoms with E-state index in [2.05, 4.69) is 15.9 Å². The first-order chi connectivity index (χ1) is 7.18. The third-order valence-electron chi connectivity index (χ3n) is 2.01. The monoisotopic (exact) mass is 282 g/mol. The Kier molecular flexibility index (Phi) is 2.88. The number of aromatic carboxylic acids is 1. The lowest BCUT2D eigenvalue weighted by molar-refractivity contribution is 0.0697. The van der Waals surface area contributed by atoms with Gasteiger partial charge in [0.25, 0.3) is 0 Å². The fourth-order valence-electron chi connectivity index (χ4n) is 1.26. The summed E-state index contributed by atoms with van der Waals surface area (Å²) in [7, 11) is 0. The Bertz CT molecular complexity index is 488. The highest BCUT2D eigenvalue weighted by molar-refractivity contribution is 9.10. The zero-order valence-electron chi connectivity index (χ0n) is 7.61. The highest BCUT2D eigenvalue weighted by atomic mass is 79.9. The zero-order chi connectivity index (χ0) is 10.8. The van der Waals surface area contributed by atoms with Crippen LogP contribution in [0.5, 0.6) is 0 Å². The highest BCUT2D eigenvalue weighted by Crippen LogP contribution is 2.33. The summed E-state index contributed by atoms with van der Waals surface area (Å²) in [5.74, 6) is -0.896. The van der Waals surface area contributed by atoms with Crippen LogP contribution < -0.4 is 0 Å². The van der Waals surface area contributed by atoms with Crippen LogP contribution in [-0.2, 0) is 0 Å². The molecule has 0 amide bonds. The molecule has 0 aliphatic carbocycles. The topological polar surface area (TPSA) is 37.3 Å². The second-order valence-corrected chi connectivity index (χ2v) is 4.75. The lowest BCUT2D eigenvalue weighted by Gasteiger charge is -1.99. The molecule has 1 aromatic heterocycles. The summed E-state index contributed by atoms with van der Waals surface area (Å²) in [6.45, 7) is 0. The minimum Gasteiger partial charge on any atom is -0.478 e. The van der Waals surface area contributed by atoms with Gasteiger partial charge in [-0.3, -0.25) is 0 Å². The third-order valence-corrected chi connectivity index (χ3v) is 3.90. The van der Waals surface area contributed by atoms with E-state index in [0.717, 1.165) is 14.9 Å². The minimum atomic E-state index is -0.896. The lowest BCUT2D eigenvalue weighted by atomic mass is 10.1. The second-order valence-electron chi connectivity index (χ2n) is 2.98. The van der Waals surface area contributed by atoms with Crippen molar-refractivity contribution in [3.05, 3.63) is 45.7 Å². The molecule has 0 unspecified atom stereocenters. The molecule has 0 saturated carbocycles. The molecule has 4 heteroatoms. The van der Waals surface area contributed by atoms with Crippen molar-refractivity contribution >= 4 is 33.2 Å². The van der Waals surface area contributed by atoms with E-state index in [9.17, 15) is 4.79 Å². The van der Waals surface area contributed by atoms with Crippen molar-refractivity contribution < 1.29 is 9.90 Å². The minimum absolute atomic E-state index is 0.312. The molecule has 0 atom stereocenters. The van der Waals surface area contributed by atoms with Gasteiger partial charge in [0, 0.05) is 9.35 Å². The Morgan fingerprint density at radius 2 is 1.87 bits per heavy atom. The molecule has 0 aliphatic heterocycles. The molecule has 0 bridgehead atoms. The van der Waals surface area contributed by atoms with Gasteiger partial charge in [-0.25, -0.2) is 4.79 Å². The van der Waals surface area contributed by atoms with Gasteiger partial charge >= 0.3 is 5.97 Å². The van der Waals surface area contributed by atoms with E-state index in [0.29, 0.717) is 5.56 Å². The van der Waals surface area contributed by atoms with Crippen LogP contribution in [-0.4, -0.2) is 11.1 Å². The Hall–Kier alpha value is -1.13. The van der Waals surface area contributed by atoms with E-state index in [1.54, 1.807) is 23.5 Å². The maximum Gasteiger partial charge on any atom is 0.335 e. The molecule has 0 fully saturated rings. The number of hydrogen-bond donors (Lipinski definition) is 1. The molecule has 15 heavy (non-hydrogen) atoms. The summed E-state index contributed by atoms with van der Waals surface area (Å²) in [5.41, 5.74) is 1.34. The van der Waals surface area contributed by atoms with Gasteiger partial charge in [0.1, 0.15) is 0 Å². The van der Waals surface area contributed by atoms with Gasteiger partial charge in [-0.15, -0.1) is 11.3 Å². The van der Waals surface area contributed by atoms with Crippen LogP contribution in [0.1, 0.15) is 10.4 Å². The Balaban J connectivity index is 2.40. The molecule has 0 aliphatic rings. The normalized spacial score (nSPS) is 10.2. The van der Waals surface area contributed by atoms with Crippen molar-refractivity contribution in [2.24, 2.45) is 0 Å². The average Bonchev–Trinajstić information content (AvgIpc) is 2.65. The van der Waals surface area contributed by atoms with Gasteiger partial charge in [-0.1, -0.05) is 12.1 Å². The van der Waals surface area contributed by atoms with E-state index in [1.165, 1.54) is 0 Å². The smallest absolute Gasteiger partial charge is 0.335 e. The maximum atomic E-state index is 10.7. The molecule has 1 N–H and O–H groups in total. The number of carboxylic acids is 1. The Morgan fingerprint density at radius 3 is 2.33 bits per heavy atom. The van der Waals surface area contributed by atoms with Crippen LogP contribution in [0.2, 0.25) is 0 Å². The summed E-state index contributed by atoms with van der Waals surface area (Å²) in [5, 5.41) is 10.7. The van der Waals surface area contributed by atoms with Gasteiger partial charge in [-0.2, -0.15) is 0 Å². The highest BCUT2D eigenvalue weighted by Gasteiger charge is 2.06. The van der Waals surface area contributed by atoms with Crippen LogP contribution in [0.4, 0.5) is 0 Å². The number of hydrogen-bond acceptors (Lipinski definition) is 2.